The molecule has 0 radical (unpaired) electrons. The molecule has 0 saturated heterocycles. The minimum Gasteiger partial charge on any atom is -0.273 e. The van der Waals surface area contributed by atoms with E-state index in [0.717, 1.165) is 11.1 Å². The number of carbonyl (C=O) groups is 2. The van der Waals surface area contributed by atoms with Gasteiger partial charge in [0.25, 0.3) is 5.91 Å². The molecule has 2 rings (SSSR count). The van der Waals surface area contributed by atoms with Gasteiger partial charge in [-0.05, 0) is 23.3 Å². The van der Waals surface area contributed by atoms with Crippen LogP contribution in [0.1, 0.15) is 11.1 Å². The zero-order chi connectivity index (χ0) is 15.8. The molecule has 0 aliphatic rings. The number of halogens is 1. The Morgan fingerprint density at radius 2 is 1.64 bits per heavy atom. The van der Waals surface area contributed by atoms with E-state index in [2.05, 4.69) is 10.9 Å². The fraction of sp³-hybridized carbons (Fsp3) is 0.0588. The van der Waals surface area contributed by atoms with Crippen molar-refractivity contribution in [2.75, 3.05) is 0 Å². The largest absolute Gasteiger partial charge is 0.273 e. The van der Waals surface area contributed by atoms with E-state index >= 15 is 0 Å². The van der Waals surface area contributed by atoms with E-state index in [1.165, 1.54) is 6.08 Å². The Kier molecular flexibility index (Phi) is 5.74. The minimum atomic E-state index is -0.429. The van der Waals surface area contributed by atoms with Crippen molar-refractivity contribution in [3.63, 3.8) is 0 Å². The Morgan fingerprint density at radius 1 is 0.955 bits per heavy atom. The van der Waals surface area contributed by atoms with Gasteiger partial charge >= 0.3 is 0 Å². The summed E-state index contributed by atoms with van der Waals surface area (Å²) in [5.41, 5.74) is 6.29. The molecule has 2 N–H and O–H groups in total. The molecule has 2 aromatic rings. The van der Waals surface area contributed by atoms with Gasteiger partial charge in [0.05, 0.1) is 6.42 Å². The molecule has 0 saturated carbocycles. The van der Waals surface area contributed by atoms with Crippen LogP contribution in [0.4, 0.5) is 0 Å². The Morgan fingerprint density at radius 3 is 2.36 bits per heavy atom. The first-order valence-electron chi connectivity index (χ1n) is 6.70. The van der Waals surface area contributed by atoms with Gasteiger partial charge in [0.1, 0.15) is 0 Å². The molecular formula is C17H15ClN2O2. The van der Waals surface area contributed by atoms with Gasteiger partial charge in [0.15, 0.2) is 0 Å². The summed E-state index contributed by atoms with van der Waals surface area (Å²) in [6.07, 6.45) is 3.10. The van der Waals surface area contributed by atoms with Crippen molar-refractivity contribution < 1.29 is 9.59 Å². The number of hydrogen-bond donors (Lipinski definition) is 2. The maximum atomic E-state index is 11.7. The van der Waals surface area contributed by atoms with E-state index in [1.54, 1.807) is 18.2 Å². The molecule has 0 unspecified atom stereocenters. The highest BCUT2D eigenvalue weighted by Crippen LogP contribution is 2.15. The summed E-state index contributed by atoms with van der Waals surface area (Å²) in [6, 6.07) is 16.4. The van der Waals surface area contributed by atoms with Gasteiger partial charge in [0, 0.05) is 11.1 Å². The molecule has 0 heterocycles. The second-order valence-electron chi connectivity index (χ2n) is 4.55. The van der Waals surface area contributed by atoms with E-state index in [1.807, 2.05) is 42.5 Å². The summed E-state index contributed by atoms with van der Waals surface area (Å²) in [5.74, 6) is -0.716. The van der Waals surface area contributed by atoms with Crippen molar-refractivity contribution in [2.45, 2.75) is 6.42 Å². The number of rotatable bonds is 4. The van der Waals surface area contributed by atoms with E-state index < -0.39 is 5.91 Å². The average Bonchev–Trinajstić information content (AvgIpc) is 2.53. The van der Waals surface area contributed by atoms with E-state index in [0.29, 0.717) is 5.02 Å². The van der Waals surface area contributed by atoms with Crippen molar-refractivity contribution in [2.24, 2.45) is 0 Å². The summed E-state index contributed by atoms with van der Waals surface area (Å²) in [4.78, 5) is 23.3. The summed E-state index contributed by atoms with van der Waals surface area (Å²) in [6.45, 7) is 0. The van der Waals surface area contributed by atoms with Crippen molar-refractivity contribution >= 4 is 29.5 Å². The van der Waals surface area contributed by atoms with Crippen LogP contribution in [-0.4, -0.2) is 11.8 Å². The topological polar surface area (TPSA) is 58.2 Å². The SMILES string of the molecule is O=C(/C=C/c1ccccc1Cl)NNC(=O)Cc1ccccc1. The van der Waals surface area contributed by atoms with Crippen LogP contribution in [0.15, 0.2) is 60.7 Å². The second kappa shape index (κ2) is 8.00. The van der Waals surface area contributed by atoms with E-state index in [4.69, 9.17) is 11.6 Å². The smallest absolute Gasteiger partial charge is 0.262 e. The quantitative estimate of drug-likeness (QED) is 0.673. The van der Waals surface area contributed by atoms with Gasteiger partial charge in [-0.1, -0.05) is 60.1 Å². The zero-order valence-corrected chi connectivity index (χ0v) is 12.5. The number of benzene rings is 2. The number of hydrogen-bond acceptors (Lipinski definition) is 2. The number of hydrazine groups is 1. The van der Waals surface area contributed by atoms with Crippen LogP contribution in [0.3, 0.4) is 0 Å². The lowest BCUT2D eigenvalue weighted by atomic mass is 10.1. The van der Waals surface area contributed by atoms with Crippen LogP contribution >= 0.6 is 11.6 Å². The summed E-state index contributed by atoms with van der Waals surface area (Å²) in [7, 11) is 0. The predicted octanol–water partition coefficient (Wildman–Crippen LogP) is 2.74. The third kappa shape index (κ3) is 5.07. The molecule has 2 aromatic carbocycles. The van der Waals surface area contributed by atoms with Gasteiger partial charge in [-0.3, -0.25) is 20.4 Å². The highest BCUT2D eigenvalue weighted by molar-refractivity contribution is 6.32. The maximum absolute atomic E-state index is 11.7. The molecule has 0 aromatic heterocycles. The molecule has 0 fully saturated rings. The molecule has 112 valence electrons. The molecule has 22 heavy (non-hydrogen) atoms. The van der Waals surface area contributed by atoms with Crippen molar-refractivity contribution in [3.05, 3.63) is 76.8 Å². The predicted molar refractivity (Wildman–Crippen MR) is 86.9 cm³/mol. The summed E-state index contributed by atoms with van der Waals surface area (Å²) in [5, 5.41) is 0.555. The number of carbonyl (C=O) groups excluding carboxylic acids is 2. The lowest BCUT2D eigenvalue weighted by Crippen LogP contribution is -2.41. The van der Waals surface area contributed by atoms with Gasteiger partial charge in [0.2, 0.25) is 5.91 Å². The molecule has 4 nitrogen and oxygen atoms in total. The second-order valence-corrected chi connectivity index (χ2v) is 4.96. The highest BCUT2D eigenvalue weighted by Gasteiger charge is 2.03. The Hall–Kier alpha value is -2.59. The Labute approximate surface area is 133 Å². The molecular weight excluding hydrogens is 300 g/mol. The summed E-state index contributed by atoms with van der Waals surface area (Å²) >= 11 is 5.97. The van der Waals surface area contributed by atoms with Crippen LogP contribution in [0.5, 0.6) is 0 Å². The lowest BCUT2D eigenvalue weighted by molar-refractivity contribution is -0.126. The van der Waals surface area contributed by atoms with Gasteiger partial charge in [-0.15, -0.1) is 0 Å². The van der Waals surface area contributed by atoms with Crippen LogP contribution in [0, 0.1) is 0 Å². The zero-order valence-electron chi connectivity index (χ0n) is 11.8. The first kappa shape index (κ1) is 15.8. The van der Waals surface area contributed by atoms with Crippen molar-refractivity contribution in [3.8, 4) is 0 Å². The Bertz CT molecular complexity index is 684. The van der Waals surface area contributed by atoms with Crippen molar-refractivity contribution in [1.29, 1.82) is 0 Å². The van der Waals surface area contributed by atoms with E-state index in [-0.39, 0.29) is 12.3 Å². The minimum absolute atomic E-state index is 0.204. The standard InChI is InChI=1S/C17H15ClN2O2/c18-15-9-5-4-8-14(15)10-11-16(21)19-20-17(22)12-13-6-2-1-3-7-13/h1-11H,12H2,(H,19,21)(H,20,22)/b11-10+. The highest BCUT2D eigenvalue weighted by atomic mass is 35.5. The lowest BCUT2D eigenvalue weighted by Gasteiger charge is -2.05. The normalized spacial score (nSPS) is 10.4. The molecule has 0 bridgehead atoms. The van der Waals surface area contributed by atoms with Crippen LogP contribution in [-0.2, 0) is 16.0 Å². The molecule has 0 aliphatic carbocycles. The number of nitrogens with one attached hydrogen (secondary N) is 2. The molecule has 5 heteroatoms. The fourth-order valence-corrected chi connectivity index (χ4v) is 1.97. The third-order valence-electron chi connectivity index (χ3n) is 2.85. The van der Waals surface area contributed by atoms with Crippen LogP contribution < -0.4 is 10.9 Å². The molecule has 0 atom stereocenters. The van der Waals surface area contributed by atoms with Crippen LogP contribution in [0.2, 0.25) is 5.02 Å². The Balaban J connectivity index is 1.80. The van der Waals surface area contributed by atoms with Gasteiger partial charge in [-0.2, -0.15) is 0 Å². The summed E-state index contributed by atoms with van der Waals surface area (Å²) < 4.78 is 0. The molecule has 2 amide bonds. The first-order chi connectivity index (χ1) is 10.6. The van der Waals surface area contributed by atoms with Gasteiger partial charge < -0.3 is 0 Å². The maximum Gasteiger partial charge on any atom is 0.262 e. The first-order valence-corrected chi connectivity index (χ1v) is 7.08. The number of amides is 2. The van der Waals surface area contributed by atoms with Gasteiger partial charge in [-0.25, -0.2) is 0 Å². The monoisotopic (exact) mass is 314 g/mol. The molecule has 0 aliphatic heterocycles. The molecule has 0 spiro atoms. The fourth-order valence-electron chi connectivity index (χ4n) is 1.77. The third-order valence-corrected chi connectivity index (χ3v) is 3.20. The average molecular weight is 315 g/mol. The van der Waals surface area contributed by atoms with Crippen molar-refractivity contribution in [1.82, 2.24) is 10.9 Å². The van der Waals surface area contributed by atoms with E-state index in [9.17, 15) is 9.59 Å². The van der Waals surface area contributed by atoms with Crippen LogP contribution in [0.25, 0.3) is 6.08 Å².